The maximum absolute atomic E-state index is 5.59. The molecule has 0 fully saturated rings. The van der Waals surface area contributed by atoms with Gasteiger partial charge in [-0.2, -0.15) is 0 Å². The number of rotatable bonds is 7. The molecule has 0 amide bonds. The zero-order chi connectivity index (χ0) is 15.2. The lowest BCUT2D eigenvalue weighted by Crippen LogP contribution is -2.12. The molecule has 0 unspecified atom stereocenters. The third-order valence-electron chi connectivity index (χ3n) is 2.85. The number of benzene rings is 1. The van der Waals surface area contributed by atoms with Gasteiger partial charge in [0.2, 0.25) is 0 Å². The molecule has 0 aliphatic carbocycles. The van der Waals surface area contributed by atoms with Gasteiger partial charge in [0.05, 0.1) is 18.2 Å². The lowest BCUT2D eigenvalue weighted by Gasteiger charge is -2.13. The lowest BCUT2D eigenvalue weighted by molar-refractivity contribution is 0.308. The van der Waals surface area contributed by atoms with Gasteiger partial charge < -0.3 is 14.8 Å². The van der Waals surface area contributed by atoms with Crippen LogP contribution in [0.5, 0.6) is 11.5 Å². The van der Waals surface area contributed by atoms with Crippen molar-refractivity contribution in [3.05, 3.63) is 38.3 Å². The van der Waals surface area contributed by atoms with E-state index in [2.05, 4.69) is 33.2 Å². The average Bonchev–Trinajstić information content (AvgIpc) is 2.87. The molecule has 0 bridgehead atoms. The van der Waals surface area contributed by atoms with Crippen molar-refractivity contribution in [3.8, 4) is 11.5 Å². The van der Waals surface area contributed by atoms with E-state index in [1.54, 1.807) is 18.4 Å². The molecule has 0 atom stereocenters. The van der Waals surface area contributed by atoms with Crippen molar-refractivity contribution < 1.29 is 9.47 Å². The second kappa shape index (κ2) is 7.77. The fraction of sp³-hybridized carbons (Fsp3) is 0.400. The van der Waals surface area contributed by atoms with Crippen molar-refractivity contribution >= 4 is 27.3 Å². The Kier molecular flexibility index (Phi) is 6.02. The van der Waals surface area contributed by atoms with Crippen molar-refractivity contribution in [2.75, 3.05) is 13.7 Å². The van der Waals surface area contributed by atoms with Crippen LogP contribution in [0.25, 0.3) is 0 Å². The molecule has 0 saturated heterocycles. The van der Waals surface area contributed by atoms with Gasteiger partial charge in [-0.05, 0) is 47.5 Å². The minimum Gasteiger partial charge on any atom is -0.493 e. The third kappa shape index (κ3) is 4.43. The summed E-state index contributed by atoms with van der Waals surface area (Å²) in [4.78, 5) is 5.57. The SMILES string of the molecule is CCOc1c(Br)cc(CNCc2ncc(C)s2)cc1OC. The van der Waals surface area contributed by atoms with Gasteiger partial charge in [0.25, 0.3) is 0 Å². The Morgan fingerprint density at radius 2 is 2.14 bits per heavy atom. The second-order valence-corrected chi connectivity index (χ2v) is 6.68. The highest BCUT2D eigenvalue weighted by Gasteiger charge is 2.11. The molecule has 1 N–H and O–H groups in total. The monoisotopic (exact) mass is 370 g/mol. The molecule has 21 heavy (non-hydrogen) atoms. The molecule has 0 spiro atoms. The number of thiazole rings is 1. The van der Waals surface area contributed by atoms with Gasteiger partial charge in [0.15, 0.2) is 11.5 Å². The molecule has 1 aromatic heterocycles. The van der Waals surface area contributed by atoms with E-state index in [4.69, 9.17) is 9.47 Å². The highest BCUT2D eigenvalue weighted by Crippen LogP contribution is 2.36. The van der Waals surface area contributed by atoms with E-state index >= 15 is 0 Å². The van der Waals surface area contributed by atoms with Crippen LogP contribution >= 0.6 is 27.3 Å². The van der Waals surface area contributed by atoms with Crippen molar-refractivity contribution in [3.63, 3.8) is 0 Å². The molecule has 114 valence electrons. The number of hydrogen-bond acceptors (Lipinski definition) is 5. The van der Waals surface area contributed by atoms with E-state index < -0.39 is 0 Å². The van der Waals surface area contributed by atoms with Crippen LogP contribution in [0.15, 0.2) is 22.8 Å². The molecule has 0 saturated carbocycles. The Hall–Kier alpha value is -1.11. The summed E-state index contributed by atoms with van der Waals surface area (Å²) in [6.07, 6.45) is 1.90. The summed E-state index contributed by atoms with van der Waals surface area (Å²) in [5, 5.41) is 4.49. The quantitative estimate of drug-likeness (QED) is 0.802. The number of aryl methyl sites for hydroxylation is 1. The van der Waals surface area contributed by atoms with Gasteiger partial charge in [-0.15, -0.1) is 11.3 Å². The Morgan fingerprint density at radius 3 is 2.76 bits per heavy atom. The molecule has 4 nitrogen and oxygen atoms in total. The normalized spacial score (nSPS) is 10.7. The molecule has 2 aromatic rings. The molecule has 1 heterocycles. The van der Waals surface area contributed by atoms with Gasteiger partial charge in [-0.25, -0.2) is 4.98 Å². The lowest BCUT2D eigenvalue weighted by atomic mass is 10.2. The van der Waals surface area contributed by atoms with Crippen LogP contribution < -0.4 is 14.8 Å². The Morgan fingerprint density at radius 1 is 1.33 bits per heavy atom. The van der Waals surface area contributed by atoms with Crippen LogP contribution in [0.4, 0.5) is 0 Å². The third-order valence-corrected chi connectivity index (χ3v) is 4.35. The second-order valence-electron chi connectivity index (χ2n) is 4.51. The Balaban J connectivity index is 2.01. The van der Waals surface area contributed by atoms with Gasteiger partial charge >= 0.3 is 0 Å². The number of methoxy groups -OCH3 is 1. The highest BCUT2D eigenvalue weighted by molar-refractivity contribution is 9.10. The molecule has 6 heteroatoms. The minimum absolute atomic E-state index is 0.607. The van der Waals surface area contributed by atoms with Crippen LogP contribution in [-0.2, 0) is 13.1 Å². The molecule has 0 aliphatic rings. The summed E-state index contributed by atoms with van der Waals surface area (Å²) in [5.41, 5.74) is 1.13. The zero-order valence-corrected chi connectivity index (χ0v) is 14.8. The maximum Gasteiger partial charge on any atom is 0.175 e. The van der Waals surface area contributed by atoms with E-state index in [1.165, 1.54) is 4.88 Å². The summed E-state index contributed by atoms with van der Waals surface area (Å²) >= 11 is 5.25. The number of ether oxygens (including phenoxy) is 2. The van der Waals surface area contributed by atoms with Crippen LogP contribution in [-0.4, -0.2) is 18.7 Å². The number of nitrogens with one attached hydrogen (secondary N) is 1. The average molecular weight is 371 g/mol. The van der Waals surface area contributed by atoms with E-state index in [9.17, 15) is 0 Å². The molecule has 2 rings (SSSR count). The van der Waals surface area contributed by atoms with Crippen molar-refractivity contribution in [1.82, 2.24) is 10.3 Å². The van der Waals surface area contributed by atoms with Crippen LogP contribution in [0.2, 0.25) is 0 Å². The predicted molar refractivity (Wildman–Crippen MR) is 89.3 cm³/mol. The minimum atomic E-state index is 0.607. The Labute approximate surface area is 137 Å². The molecular formula is C15H19BrN2O2S. The molecule has 0 radical (unpaired) electrons. The van der Waals surface area contributed by atoms with E-state index in [1.807, 2.05) is 25.3 Å². The van der Waals surface area contributed by atoms with Gasteiger partial charge in [0.1, 0.15) is 5.01 Å². The summed E-state index contributed by atoms with van der Waals surface area (Å²) in [7, 11) is 1.65. The van der Waals surface area contributed by atoms with Crippen molar-refractivity contribution in [2.45, 2.75) is 26.9 Å². The standard InChI is InChI=1S/C15H19BrN2O2S/c1-4-20-15-12(16)5-11(6-13(15)19-3)8-17-9-14-18-7-10(2)21-14/h5-7,17H,4,8-9H2,1-3H3. The highest BCUT2D eigenvalue weighted by atomic mass is 79.9. The van der Waals surface area contributed by atoms with Gasteiger partial charge in [-0.1, -0.05) is 0 Å². The largest absolute Gasteiger partial charge is 0.493 e. The molecular weight excluding hydrogens is 352 g/mol. The smallest absolute Gasteiger partial charge is 0.175 e. The van der Waals surface area contributed by atoms with Crippen molar-refractivity contribution in [2.24, 2.45) is 0 Å². The summed E-state index contributed by atoms with van der Waals surface area (Å²) in [5.74, 6) is 1.49. The molecule has 1 aromatic carbocycles. The summed E-state index contributed by atoms with van der Waals surface area (Å²) in [6, 6.07) is 4.05. The van der Waals surface area contributed by atoms with Crippen LogP contribution in [0.1, 0.15) is 22.4 Å². The summed E-state index contributed by atoms with van der Waals surface area (Å²) < 4.78 is 11.9. The van der Waals surface area contributed by atoms with E-state index in [-0.39, 0.29) is 0 Å². The number of nitrogens with zero attached hydrogens (tertiary/aromatic N) is 1. The van der Waals surface area contributed by atoms with E-state index in [0.29, 0.717) is 6.61 Å². The topological polar surface area (TPSA) is 43.4 Å². The first-order valence-corrected chi connectivity index (χ1v) is 8.36. The fourth-order valence-electron chi connectivity index (χ4n) is 1.96. The first kappa shape index (κ1) is 16.3. The summed E-state index contributed by atoms with van der Waals surface area (Å²) in [6.45, 7) is 6.15. The molecule has 0 aliphatic heterocycles. The maximum atomic E-state index is 5.59. The fourth-order valence-corrected chi connectivity index (χ4v) is 3.32. The zero-order valence-electron chi connectivity index (χ0n) is 12.4. The van der Waals surface area contributed by atoms with Crippen LogP contribution in [0, 0.1) is 6.92 Å². The van der Waals surface area contributed by atoms with Crippen molar-refractivity contribution in [1.29, 1.82) is 0 Å². The van der Waals surface area contributed by atoms with Gasteiger partial charge in [0, 0.05) is 24.2 Å². The first-order valence-electron chi connectivity index (χ1n) is 6.75. The number of hydrogen-bond donors (Lipinski definition) is 1. The first-order chi connectivity index (χ1) is 10.1. The predicted octanol–water partition coefficient (Wildman–Crippen LogP) is 3.91. The number of aromatic nitrogens is 1. The Bertz CT molecular complexity index is 601. The number of halogens is 1. The van der Waals surface area contributed by atoms with Gasteiger partial charge in [-0.3, -0.25) is 0 Å². The van der Waals surface area contributed by atoms with E-state index in [0.717, 1.165) is 39.6 Å². The van der Waals surface area contributed by atoms with Crippen LogP contribution in [0.3, 0.4) is 0 Å².